The van der Waals surface area contributed by atoms with Crippen molar-refractivity contribution >= 4 is 15.9 Å². The van der Waals surface area contributed by atoms with Gasteiger partial charge in [-0.2, -0.15) is 0 Å². The molecule has 0 spiro atoms. The second-order valence-electron chi connectivity index (χ2n) is 3.56. The highest BCUT2D eigenvalue weighted by Gasteiger charge is 2.12. The minimum absolute atomic E-state index is 0.0268. The molecule has 1 rings (SSSR count). The van der Waals surface area contributed by atoms with Crippen molar-refractivity contribution in [2.24, 2.45) is 0 Å². The van der Waals surface area contributed by atoms with Gasteiger partial charge in [-0.3, -0.25) is 4.90 Å². The summed E-state index contributed by atoms with van der Waals surface area (Å²) in [4.78, 5) is 1.93. The molecule has 1 aromatic rings. The van der Waals surface area contributed by atoms with E-state index in [1.54, 1.807) is 0 Å². The Kier molecular flexibility index (Phi) is 5.25. The standard InChI is InChI=1S/C11H16BrNO2/c1-13(11(7-14)8-15)6-9-3-2-4-10(12)5-9/h2-5,11,14-15H,6-8H2,1H3. The maximum absolute atomic E-state index is 9.02. The summed E-state index contributed by atoms with van der Waals surface area (Å²) >= 11 is 3.41. The van der Waals surface area contributed by atoms with E-state index in [9.17, 15) is 0 Å². The molecule has 1 aromatic carbocycles. The molecule has 0 aromatic heterocycles. The van der Waals surface area contributed by atoms with Crippen molar-refractivity contribution in [2.75, 3.05) is 20.3 Å². The lowest BCUT2D eigenvalue weighted by atomic mass is 10.2. The lowest BCUT2D eigenvalue weighted by Gasteiger charge is -2.24. The summed E-state index contributed by atoms with van der Waals surface area (Å²) in [5, 5.41) is 18.0. The van der Waals surface area contributed by atoms with E-state index in [0.29, 0.717) is 6.54 Å². The Morgan fingerprint density at radius 1 is 1.33 bits per heavy atom. The van der Waals surface area contributed by atoms with Gasteiger partial charge in [0, 0.05) is 11.0 Å². The van der Waals surface area contributed by atoms with Gasteiger partial charge >= 0.3 is 0 Å². The van der Waals surface area contributed by atoms with Gasteiger partial charge in [-0.25, -0.2) is 0 Å². The van der Waals surface area contributed by atoms with Gasteiger partial charge in [-0.05, 0) is 24.7 Å². The van der Waals surface area contributed by atoms with E-state index in [0.717, 1.165) is 10.0 Å². The third-order valence-corrected chi connectivity index (χ3v) is 2.86. The molecule has 2 N–H and O–H groups in total. The molecule has 4 heteroatoms. The van der Waals surface area contributed by atoms with Crippen LogP contribution >= 0.6 is 15.9 Å². The Morgan fingerprint density at radius 3 is 2.53 bits per heavy atom. The lowest BCUT2D eigenvalue weighted by Crippen LogP contribution is -2.37. The number of aliphatic hydroxyl groups is 2. The molecule has 0 radical (unpaired) electrons. The summed E-state index contributed by atoms with van der Waals surface area (Å²) in [5.41, 5.74) is 1.15. The second-order valence-corrected chi connectivity index (χ2v) is 4.48. The van der Waals surface area contributed by atoms with Crippen LogP contribution in [0.1, 0.15) is 5.56 Å². The van der Waals surface area contributed by atoms with Crippen LogP contribution in [0, 0.1) is 0 Å². The Balaban J connectivity index is 2.61. The SMILES string of the molecule is CN(Cc1cccc(Br)c1)C(CO)CO. The number of nitrogens with zero attached hydrogens (tertiary/aromatic N) is 1. The summed E-state index contributed by atoms with van der Waals surface area (Å²) in [6, 6.07) is 7.80. The zero-order valence-electron chi connectivity index (χ0n) is 8.73. The number of likely N-dealkylation sites (N-methyl/N-ethyl adjacent to an activating group) is 1. The fourth-order valence-electron chi connectivity index (χ4n) is 1.39. The summed E-state index contributed by atoms with van der Waals surface area (Å²) in [6.45, 7) is 0.660. The maximum atomic E-state index is 9.02. The van der Waals surface area contributed by atoms with E-state index in [2.05, 4.69) is 15.9 Å². The number of rotatable bonds is 5. The highest BCUT2D eigenvalue weighted by molar-refractivity contribution is 9.10. The Morgan fingerprint density at radius 2 is 2.00 bits per heavy atom. The van der Waals surface area contributed by atoms with Crippen molar-refractivity contribution in [2.45, 2.75) is 12.6 Å². The molecule has 0 unspecified atom stereocenters. The minimum atomic E-state index is -0.191. The number of aliphatic hydroxyl groups excluding tert-OH is 2. The highest BCUT2D eigenvalue weighted by atomic mass is 79.9. The zero-order valence-corrected chi connectivity index (χ0v) is 10.3. The summed E-state index contributed by atoms with van der Waals surface area (Å²) in [6.07, 6.45) is 0. The molecule has 0 aliphatic carbocycles. The molecule has 0 atom stereocenters. The lowest BCUT2D eigenvalue weighted by molar-refractivity contribution is 0.0874. The average molecular weight is 274 g/mol. The fraction of sp³-hybridized carbons (Fsp3) is 0.455. The average Bonchev–Trinajstić information content (AvgIpc) is 2.19. The first kappa shape index (κ1) is 12.6. The van der Waals surface area contributed by atoms with Crippen LogP contribution in [0.4, 0.5) is 0 Å². The molecule has 0 saturated heterocycles. The number of halogens is 1. The smallest absolute Gasteiger partial charge is 0.0609 e. The van der Waals surface area contributed by atoms with E-state index in [-0.39, 0.29) is 19.3 Å². The topological polar surface area (TPSA) is 43.7 Å². The van der Waals surface area contributed by atoms with Crippen molar-refractivity contribution in [3.05, 3.63) is 34.3 Å². The van der Waals surface area contributed by atoms with Gasteiger partial charge in [-0.15, -0.1) is 0 Å². The van der Waals surface area contributed by atoms with E-state index >= 15 is 0 Å². The van der Waals surface area contributed by atoms with Crippen LogP contribution in [-0.2, 0) is 6.54 Å². The highest BCUT2D eigenvalue weighted by Crippen LogP contribution is 2.13. The molecule has 0 amide bonds. The van der Waals surface area contributed by atoms with E-state index in [1.165, 1.54) is 0 Å². The van der Waals surface area contributed by atoms with Gasteiger partial charge in [0.25, 0.3) is 0 Å². The largest absolute Gasteiger partial charge is 0.395 e. The molecule has 0 aliphatic rings. The summed E-state index contributed by atoms with van der Waals surface area (Å²) < 4.78 is 1.04. The first-order valence-electron chi connectivity index (χ1n) is 4.83. The second kappa shape index (κ2) is 6.23. The third-order valence-electron chi connectivity index (χ3n) is 2.37. The monoisotopic (exact) mass is 273 g/mol. The summed E-state index contributed by atoms with van der Waals surface area (Å²) in [7, 11) is 1.89. The van der Waals surface area contributed by atoms with Gasteiger partial charge in [-0.1, -0.05) is 28.1 Å². The Bertz CT molecular complexity index is 302. The minimum Gasteiger partial charge on any atom is -0.395 e. The molecule has 0 heterocycles. The molecular formula is C11H16BrNO2. The molecule has 0 aliphatic heterocycles. The van der Waals surface area contributed by atoms with Crippen LogP contribution in [-0.4, -0.2) is 41.4 Å². The van der Waals surface area contributed by atoms with Gasteiger partial charge in [0.1, 0.15) is 0 Å². The van der Waals surface area contributed by atoms with E-state index in [4.69, 9.17) is 10.2 Å². The van der Waals surface area contributed by atoms with Crippen LogP contribution in [0.15, 0.2) is 28.7 Å². The molecule has 3 nitrogen and oxygen atoms in total. The van der Waals surface area contributed by atoms with Crippen molar-refractivity contribution < 1.29 is 10.2 Å². The molecule has 84 valence electrons. The van der Waals surface area contributed by atoms with E-state index < -0.39 is 0 Å². The first-order valence-corrected chi connectivity index (χ1v) is 5.63. The van der Waals surface area contributed by atoms with Crippen LogP contribution in [0.25, 0.3) is 0 Å². The van der Waals surface area contributed by atoms with Gasteiger partial charge in [0.2, 0.25) is 0 Å². The van der Waals surface area contributed by atoms with Crippen molar-refractivity contribution in [3.8, 4) is 0 Å². The summed E-state index contributed by atoms with van der Waals surface area (Å²) in [5.74, 6) is 0. The number of hydrogen-bond acceptors (Lipinski definition) is 3. The molecule has 0 saturated carbocycles. The third kappa shape index (κ3) is 3.91. The normalized spacial score (nSPS) is 11.3. The maximum Gasteiger partial charge on any atom is 0.0609 e. The van der Waals surface area contributed by atoms with E-state index in [1.807, 2.05) is 36.2 Å². The first-order chi connectivity index (χ1) is 7.17. The van der Waals surface area contributed by atoms with Gasteiger partial charge in [0.05, 0.1) is 19.3 Å². The van der Waals surface area contributed by atoms with Crippen molar-refractivity contribution in [1.82, 2.24) is 4.90 Å². The molecule has 15 heavy (non-hydrogen) atoms. The van der Waals surface area contributed by atoms with Crippen molar-refractivity contribution in [3.63, 3.8) is 0 Å². The Hall–Kier alpha value is -0.420. The fourth-order valence-corrected chi connectivity index (χ4v) is 1.84. The Labute approximate surface area is 98.5 Å². The number of hydrogen-bond donors (Lipinski definition) is 2. The quantitative estimate of drug-likeness (QED) is 0.849. The zero-order chi connectivity index (χ0) is 11.3. The molecule has 0 fully saturated rings. The number of benzene rings is 1. The van der Waals surface area contributed by atoms with Crippen LogP contribution < -0.4 is 0 Å². The van der Waals surface area contributed by atoms with Crippen molar-refractivity contribution in [1.29, 1.82) is 0 Å². The van der Waals surface area contributed by atoms with Gasteiger partial charge < -0.3 is 10.2 Å². The van der Waals surface area contributed by atoms with Gasteiger partial charge in [0.15, 0.2) is 0 Å². The van der Waals surface area contributed by atoms with Crippen LogP contribution in [0.2, 0.25) is 0 Å². The molecular weight excluding hydrogens is 258 g/mol. The predicted molar refractivity (Wildman–Crippen MR) is 63.6 cm³/mol. The molecule has 0 bridgehead atoms. The van der Waals surface area contributed by atoms with Crippen LogP contribution in [0.3, 0.4) is 0 Å². The predicted octanol–water partition coefficient (Wildman–Crippen LogP) is 1.23. The van der Waals surface area contributed by atoms with Crippen LogP contribution in [0.5, 0.6) is 0 Å².